The van der Waals surface area contributed by atoms with Crippen LogP contribution in [0.2, 0.25) is 0 Å². The second-order valence-electron chi connectivity index (χ2n) is 5.96. The van der Waals surface area contributed by atoms with Gasteiger partial charge < -0.3 is 0 Å². The van der Waals surface area contributed by atoms with Crippen LogP contribution in [-0.4, -0.2) is 17.0 Å². The van der Waals surface area contributed by atoms with Crippen LogP contribution in [0, 0.1) is 0 Å². The molecule has 0 unspecified atom stereocenters. The molecule has 0 atom stereocenters. The van der Waals surface area contributed by atoms with E-state index in [4.69, 9.17) is 19.4 Å². The molecule has 0 saturated carbocycles. The average Bonchev–Trinajstić information content (AvgIpc) is 2.28. The molecule has 114 valence electrons. The molecule has 0 bridgehead atoms. The van der Waals surface area contributed by atoms with Crippen molar-refractivity contribution in [1.29, 1.82) is 0 Å². The topological polar surface area (TPSA) is 0 Å². The Balaban J connectivity index is 3.48. The summed E-state index contributed by atoms with van der Waals surface area (Å²) in [5.41, 5.74) is 0.0223. The average molecular weight is 410 g/mol. The maximum absolute atomic E-state index is 7.17. The molecule has 19 heavy (non-hydrogen) atoms. The first-order chi connectivity index (χ1) is 8.69. The first-order valence-corrected chi connectivity index (χ1v) is 16.9. The molecular weight excluding hydrogens is 383 g/mol. The summed E-state index contributed by atoms with van der Waals surface area (Å²) in [6.45, 7) is 14.0. The van der Waals surface area contributed by atoms with Crippen molar-refractivity contribution in [3.63, 3.8) is 0 Å². The Morgan fingerprint density at radius 3 is 1.47 bits per heavy atom. The van der Waals surface area contributed by atoms with E-state index in [1.165, 1.54) is 4.16 Å². The van der Waals surface area contributed by atoms with Gasteiger partial charge in [0.15, 0.2) is 0 Å². The zero-order valence-corrected chi connectivity index (χ0v) is 17.0. The van der Waals surface area contributed by atoms with Gasteiger partial charge in [-0.2, -0.15) is 0 Å². The Labute approximate surface area is 130 Å². The summed E-state index contributed by atoms with van der Waals surface area (Å²) >= 11 is -2.85. The van der Waals surface area contributed by atoms with Crippen LogP contribution in [-0.2, 0) is 12.3 Å². The van der Waals surface area contributed by atoms with Crippen molar-refractivity contribution >= 4 is 29.1 Å². The molecule has 0 aliphatic carbocycles. The Morgan fingerprint density at radius 2 is 1.16 bits per heavy atom. The van der Waals surface area contributed by atoms with Crippen molar-refractivity contribution in [3.05, 3.63) is 30.3 Å². The molecule has 0 aliphatic heterocycles. The van der Waals surface area contributed by atoms with Crippen molar-refractivity contribution in [3.8, 4) is 0 Å². The monoisotopic (exact) mass is 410 g/mol. The van der Waals surface area contributed by atoms with Gasteiger partial charge in [0.2, 0.25) is 0 Å². The summed E-state index contributed by atoms with van der Waals surface area (Å²) in [5.74, 6) is 0. The molecule has 0 aliphatic rings. The van der Waals surface area contributed by atoms with Gasteiger partial charge in [0.25, 0.3) is 0 Å². The Morgan fingerprint density at radius 1 is 0.789 bits per heavy atom. The molecule has 0 heterocycles. The number of rotatable bonds is 5. The number of halogens is 2. The molecule has 0 saturated heterocycles. The summed E-state index contributed by atoms with van der Waals surface area (Å²) in [6.07, 6.45) is 0. The fraction of sp³-hybridized carbons (Fsp3) is 0.600. The van der Waals surface area contributed by atoms with E-state index in [1.807, 2.05) is 6.07 Å². The minimum atomic E-state index is -2.85. The third kappa shape index (κ3) is 3.06. The molecule has 0 aromatic heterocycles. The van der Waals surface area contributed by atoms with Crippen LogP contribution in [0.15, 0.2) is 30.3 Å². The third-order valence-corrected chi connectivity index (χ3v) is 37.8. The predicted molar refractivity (Wildman–Crippen MR) is 91.5 cm³/mol. The Bertz CT molecular complexity index is 380. The second kappa shape index (κ2) is 6.74. The number of benzene rings is 1. The standard InChI is InChI=1S/C9H21P.C6H5.2ClH.Ru/c1-7(2)10(8(3)4)9(5)6;1-2-4-6-5-3-1;;;/h7-9H,1-6H3;1-5H;2*1H;/q;;;;+1/p-1. The molecule has 0 nitrogen and oxygen atoms in total. The molecule has 0 N–H and O–H groups in total. The van der Waals surface area contributed by atoms with Gasteiger partial charge in [0, 0.05) is 0 Å². The normalized spacial score (nSPS) is 15.3. The molecule has 4 heteroatoms. The molecule has 0 fully saturated rings. The second-order valence-corrected chi connectivity index (χ2v) is 29.9. The SMILES string of the molecule is CC(C)[PH](C(C)C)(C(C)C)[Ru]([Cl])([Cl])[c]1ccccc1. The van der Waals surface area contributed by atoms with Gasteiger partial charge in [-0.15, -0.1) is 0 Å². The van der Waals surface area contributed by atoms with E-state index in [9.17, 15) is 0 Å². The van der Waals surface area contributed by atoms with Gasteiger partial charge in [-0.05, 0) is 0 Å². The summed E-state index contributed by atoms with van der Waals surface area (Å²) in [7, 11) is 14.3. The van der Waals surface area contributed by atoms with Gasteiger partial charge in [0.1, 0.15) is 0 Å². The van der Waals surface area contributed by atoms with E-state index in [0.29, 0.717) is 17.0 Å². The first kappa shape index (κ1) is 17.9. The van der Waals surface area contributed by atoms with Gasteiger partial charge in [-0.3, -0.25) is 0 Å². The number of hydrogen-bond donors (Lipinski definition) is 0. The van der Waals surface area contributed by atoms with E-state index in [0.717, 1.165) is 0 Å². The Kier molecular flexibility index (Phi) is 6.35. The van der Waals surface area contributed by atoms with Crippen LogP contribution in [0.4, 0.5) is 0 Å². The van der Waals surface area contributed by atoms with Crippen molar-refractivity contribution in [2.75, 3.05) is 0 Å². The van der Waals surface area contributed by atoms with E-state index >= 15 is 0 Å². The maximum atomic E-state index is 7.17. The quantitative estimate of drug-likeness (QED) is 0.434. The van der Waals surface area contributed by atoms with Crippen LogP contribution in [0.5, 0.6) is 0 Å². The van der Waals surface area contributed by atoms with Crippen LogP contribution in [0.1, 0.15) is 41.5 Å². The first-order valence-electron chi connectivity index (χ1n) is 6.86. The van der Waals surface area contributed by atoms with Gasteiger partial charge in [-0.25, -0.2) is 0 Å². The zero-order chi connectivity index (χ0) is 14.8. The number of hydrogen-bond acceptors (Lipinski definition) is 0. The summed E-state index contributed by atoms with van der Waals surface area (Å²) in [4.78, 5) is 0. The minimum absolute atomic E-state index is 0.606. The molecule has 1 rings (SSSR count). The van der Waals surface area contributed by atoms with Crippen LogP contribution < -0.4 is 4.16 Å². The van der Waals surface area contributed by atoms with E-state index < -0.39 is 17.9 Å². The molecule has 0 spiro atoms. The van der Waals surface area contributed by atoms with E-state index in [2.05, 4.69) is 65.8 Å². The zero-order valence-electron chi connectivity index (χ0n) is 12.7. The van der Waals surface area contributed by atoms with Crippen LogP contribution >= 0.6 is 25.0 Å². The van der Waals surface area contributed by atoms with Gasteiger partial charge in [-0.1, -0.05) is 0 Å². The fourth-order valence-corrected chi connectivity index (χ4v) is 42.6. The summed E-state index contributed by atoms with van der Waals surface area (Å²) in [5, 5.41) is 0. The molecular formula is C15H27Cl2PRu. The van der Waals surface area contributed by atoms with Gasteiger partial charge >= 0.3 is 130 Å². The van der Waals surface area contributed by atoms with Crippen molar-refractivity contribution in [2.24, 2.45) is 0 Å². The third-order valence-electron chi connectivity index (χ3n) is 3.98. The van der Waals surface area contributed by atoms with Crippen molar-refractivity contribution in [2.45, 2.75) is 58.5 Å². The van der Waals surface area contributed by atoms with Crippen LogP contribution in [0.25, 0.3) is 0 Å². The van der Waals surface area contributed by atoms with E-state index in [-0.39, 0.29) is 0 Å². The fourth-order valence-electron chi connectivity index (χ4n) is 3.50. The molecule has 0 amide bonds. The molecule has 0 radical (unpaired) electrons. The molecule has 1 aromatic carbocycles. The Hall–Kier alpha value is 0.853. The summed E-state index contributed by atoms with van der Waals surface area (Å²) in [6, 6.07) is 10.4. The van der Waals surface area contributed by atoms with Crippen molar-refractivity contribution in [1.82, 2.24) is 0 Å². The summed E-state index contributed by atoms with van der Waals surface area (Å²) < 4.78 is 1.23. The van der Waals surface area contributed by atoms with E-state index in [1.54, 1.807) is 0 Å². The van der Waals surface area contributed by atoms with Crippen molar-refractivity contribution < 1.29 is 12.3 Å². The predicted octanol–water partition coefficient (Wildman–Crippen LogP) is 5.66. The van der Waals surface area contributed by atoms with Gasteiger partial charge in [0.05, 0.1) is 0 Å². The van der Waals surface area contributed by atoms with Crippen LogP contribution in [0.3, 0.4) is 0 Å². The molecule has 1 aromatic rings.